The van der Waals surface area contributed by atoms with Crippen molar-refractivity contribution in [2.45, 2.75) is 50.7 Å². The van der Waals surface area contributed by atoms with E-state index in [2.05, 4.69) is 5.32 Å². The monoisotopic (exact) mass is 281 g/mol. The second-order valence-corrected chi connectivity index (χ2v) is 6.17. The molecule has 1 aliphatic rings. The summed E-state index contributed by atoms with van der Waals surface area (Å²) >= 11 is 1.40. The molecule has 0 radical (unpaired) electrons. The van der Waals surface area contributed by atoms with Gasteiger partial charge in [-0.2, -0.15) is 0 Å². The van der Waals surface area contributed by atoms with E-state index in [9.17, 15) is 14.7 Å². The van der Waals surface area contributed by atoms with Crippen LogP contribution in [-0.2, 0) is 4.79 Å². The normalized spacial score (nSPS) is 19.1. The molecule has 0 aromatic carbocycles. The lowest BCUT2D eigenvalue weighted by Crippen LogP contribution is -2.48. The Morgan fingerprint density at radius 3 is 2.74 bits per heavy atom. The van der Waals surface area contributed by atoms with Gasteiger partial charge in [0.25, 0.3) is 5.91 Å². The predicted molar refractivity (Wildman–Crippen MR) is 74.3 cm³/mol. The van der Waals surface area contributed by atoms with Gasteiger partial charge in [-0.15, -0.1) is 11.3 Å². The Morgan fingerprint density at radius 2 is 2.16 bits per heavy atom. The van der Waals surface area contributed by atoms with Crippen LogP contribution in [0.15, 0.2) is 17.5 Å². The Kier molecular flexibility index (Phi) is 4.37. The van der Waals surface area contributed by atoms with Crippen molar-refractivity contribution < 1.29 is 14.7 Å². The van der Waals surface area contributed by atoms with Crippen LogP contribution in [0.4, 0.5) is 0 Å². The van der Waals surface area contributed by atoms with Crippen molar-refractivity contribution in [1.82, 2.24) is 5.32 Å². The molecule has 0 aliphatic heterocycles. The average Bonchev–Trinajstić information content (AvgIpc) is 2.99. The maximum absolute atomic E-state index is 12.0. The molecule has 0 unspecified atom stereocenters. The highest BCUT2D eigenvalue weighted by atomic mass is 32.1. The van der Waals surface area contributed by atoms with Crippen LogP contribution in [0.25, 0.3) is 0 Å². The van der Waals surface area contributed by atoms with Crippen molar-refractivity contribution in [3.05, 3.63) is 22.4 Å². The number of rotatable bonds is 5. The minimum absolute atomic E-state index is 0.0289. The summed E-state index contributed by atoms with van der Waals surface area (Å²) in [7, 11) is 0. The number of aliphatic hydroxyl groups is 1. The zero-order valence-electron chi connectivity index (χ0n) is 11.0. The minimum atomic E-state index is -1.22. The summed E-state index contributed by atoms with van der Waals surface area (Å²) in [5.74, 6) is -0.308. The van der Waals surface area contributed by atoms with E-state index in [-0.39, 0.29) is 24.2 Å². The maximum atomic E-state index is 12.0. The van der Waals surface area contributed by atoms with Crippen molar-refractivity contribution in [2.24, 2.45) is 0 Å². The molecule has 4 nitrogen and oxygen atoms in total. The molecule has 2 rings (SSSR count). The Hall–Kier alpha value is -1.20. The van der Waals surface area contributed by atoms with Gasteiger partial charge in [0.2, 0.25) is 0 Å². The van der Waals surface area contributed by atoms with Gasteiger partial charge in [-0.25, -0.2) is 0 Å². The third kappa shape index (κ3) is 3.42. The molecule has 0 saturated heterocycles. The number of nitrogens with one attached hydrogen (secondary N) is 1. The first kappa shape index (κ1) is 14.2. The number of amides is 1. The second kappa shape index (κ2) is 5.84. The van der Waals surface area contributed by atoms with Crippen molar-refractivity contribution in [2.75, 3.05) is 0 Å². The Morgan fingerprint density at radius 1 is 1.47 bits per heavy atom. The summed E-state index contributed by atoms with van der Waals surface area (Å²) in [4.78, 5) is 24.6. The third-order valence-electron chi connectivity index (χ3n) is 3.52. The zero-order chi connectivity index (χ0) is 13.9. The summed E-state index contributed by atoms with van der Waals surface area (Å²) in [6, 6.07) is 3.36. The SMILES string of the molecule is C[C@H](CC(=O)c1cccs1)NC(=O)C1(O)CCCC1. The first-order chi connectivity index (χ1) is 9.01. The van der Waals surface area contributed by atoms with E-state index in [4.69, 9.17) is 0 Å². The summed E-state index contributed by atoms with van der Waals surface area (Å²) in [5, 5.41) is 14.7. The number of carbonyl (C=O) groups is 2. The minimum Gasteiger partial charge on any atom is -0.380 e. The molecule has 1 heterocycles. The van der Waals surface area contributed by atoms with Crippen molar-refractivity contribution in [1.29, 1.82) is 0 Å². The maximum Gasteiger partial charge on any atom is 0.252 e. The van der Waals surface area contributed by atoms with Gasteiger partial charge in [0.1, 0.15) is 5.60 Å². The summed E-state index contributed by atoms with van der Waals surface area (Å²) in [6.07, 6.45) is 3.07. The van der Waals surface area contributed by atoms with Gasteiger partial charge >= 0.3 is 0 Å². The molecule has 0 spiro atoms. The molecule has 104 valence electrons. The molecule has 1 aromatic rings. The fraction of sp³-hybridized carbons (Fsp3) is 0.571. The van der Waals surface area contributed by atoms with E-state index in [1.165, 1.54) is 11.3 Å². The lowest BCUT2D eigenvalue weighted by molar-refractivity contribution is -0.139. The number of Topliss-reactive ketones (excluding diaryl/α,β-unsaturated/α-hetero) is 1. The van der Waals surface area contributed by atoms with E-state index in [1.54, 1.807) is 13.0 Å². The molecule has 1 saturated carbocycles. The number of hydrogen-bond donors (Lipinski definition) is 2. The van der Waals surface area contributed by atoms with Gasteiger partial charge in [0.15, 0.2) is 5.78 Å². The topological polar surface area (TPSA) is 66.4 Å². The van der Waals surface area contributed by atoms with Crippen LogP contribution in [0, 0.1) is 0 Å². The lowest BCUT2D eigenvalue weighted by atomic mass is 10.0. The molecule has 5 heteroatoms. The van der Waals surface area contributed by atoms with Crippen LogP contribution in [-0.4, -0.2) is 28.4 Å². The van der Waals surface area contributed by atoms with Gasteiger partial charge in [0.05, 0.1) is 4.88 Å². The second-order valence-electron chi connectivity index (χ2n) is 5.22. The van der Waals surface area contributed by atoms with Crippen LogP contribution in [0.3, 0.4) is 0 Å². The average molecular weight is 281 g/mol. The van der Waals surface area contributed by atoms with E-state index in [0.717, 1.165) is 12.8 Å². The van der Waals surface area contributed by atoms with Crippen LogP contribution in [0.1, 0.15) is 48.7 Å². The van der Waals surface area contributed by atoms with E-state index >= 15 is 0 Å². The zero-order valence-corrected chi connectivity index (χ0v) is 11.8. The summed E-state index contributed by atoms with van der Waals surface area (Å²) in [5.41, 5.74) is -1.22. The number of carbonyl (C=O) groups excluding carboxylic acids is 2. The highest BCUT2D eigenvalue weighted by molar-refractivity contribution is 7.12. The molecule has 1 amide bonds. The fourth-order valence-electron chi connectivity index (χ4n) is 2.41. The third-order valence-corrected chi connectivity index (χ3v) is 4.43. The van der Waals surface area contributed by atoms with Crippen LogP contribution in [0.2, 0.25) is 0 Å². The fourth-order valence-corrected chi connectivity index (χ4v) is 3.09. The van der Waals surface area contributed by atoms with Crippen LogP contribution in [0.5, 0.6) is 0 Å². The van der Waals surface area contributed by atoms with Gasteiger partial charge in [0, 0.05) is 12.5 Å². The number of hydrogen-bond acceptors (Lipinski definition) is 4. The van der Waals surface area contributed by atoms with E-state index < -0.39 is 5.60 Å². The van der Waals surface area contributed by atoms with Gasteiger partial charge in [-0.1, -0.05) is 6.07 Å². The van der Waals surface area contributed by atoms with Gasteiger partial charge in [-0.3, -0.25) is 9.59 Å². The van der Waals surface area contributed by atoms with Gasteiger partial charge < -0.3 is 10.4 Å². The Bertz CT molecular complexity index is 449. The Balaban J connectivity index is 1.86. The number of thiophene rings is 1. The summed E-state index contributed by atoms with van der Waals surface area (Å²) < 4.78 is 0. The molecule has 2 N–H and O–H groups in total. The largest absolute Gasteiger partial charge is 0.380 e. The molecule has 1 aromatic heterocycles. The highest BCUT2D eigenvalue weighted by Gasteiger charge is 2.39. The molecule has 1 atom stereocenters. The number of ketones is 1. The molecule has 0 bridgehead atoms. The Labute approximate surface area is 116 Å². The van der Waals surface area contributed by atoms with E-state index in [1.807, 2.05) is 11.4 Å². The van der Waals surface area contributed by atoms with Crippen LogP contribution >= 0.6 is 11.3 Å². The summed E-state index contributed by atoms with van der Waals surface area (Å²) in [6.45, 7) is 1.79. The first-order valence-electron chi connectivity index (χ1n) is 6.61. The lowest BCUT2D eigenvalue weighted by Gasteiger charge is -2.23. The van der Waals surface area contributed by atoms with Crippen molar-refractivity contribution >= 4 is 23.0 Å². The molecule has 1 fully saturated rings. The smallest absolute Gasteiger partial charge is 0.252 e. The standard InChI is InChI=1S/C14H19NO3S/c1-10(9-11(16)12-5-4-8-19-12)15-13(17)14(18)6-2-3-7-14/h4-5,8,10,18H,2-3,6-7,9H2,1H3,(H,15,17)/t10-/m1/s1. The molecule has 1 aliphatic carbocycles. The molecular formula is C14H19NO3S. The predicted octanol–water partition coefficient (Wildman–Crippen LogP) is 2.13. The molecular weight excluding hydrogens is 262 g/mol. The van der Waals surface area contributed by atoms with Crippen LogP contribution < -0.4 is 5.32 Å². The first-order valence-corrected chi connectivity index (χ1v) is 7.49. The quantitative estimate of drug-likeness (QED) is 0.813. The highest BCUT2D eigenvalue weighted by Crippen LogP contribution is 2.29. The van der Waals surface area contributed by atoms with Crippen molar-refractivity contribution in [3.8, 4) is 0 Å². The van der Waals surface area contributed by atoms with Gasteiger partial charge in [-0.05, 0) is 44.1 Å². The van der Waals surface area contributed by atoms with Crippen molar-refractivity contribution in [3.63, 3.8) is 0 Å². The molecule has 19 heavy (non-hydrogen) atoms. The van der Waals surface area contributed by atoms with E-state index in [0.29, 0.717) is 17.7 Å².